The van der Waals surface area contributed by atoms with E-state index in [0.717, 1.165) is 17.2 Å². The Labute approximate surface area is 137 Å². The Balaban J connectivity index is 1.75. The van der Waals surface area contributed by atoms with Gasteiger partial charge in [-0.1, -0.05) is 29.8 Å². The second-order valence-electron chi connectivity index (χ2n) is 5.28. The molecule has 0 amide bonds. The number of tetrazole rings is 1. The molecule has 0 atom stereocenters. The average molecular weight is 326 g/mol. The van der Waals surface area contributed by atoms with Gasteiger partial charge in [0, 0.05) is 11.1 Å². The van der Waals surface area contributed by atoms with Crippen LogP contribution in [0.15, 0.2) is 42.5 Å². The summed E-state index contributed by atoms with van der Waals surface area (Å²) in [7, 11) is 1.37. The molecule has 24 heavy (non-hydrogen) atoms. The van der Waals surface area contributed by atoms with Crippen molar-refractivity contribution in [3.05, 3.63) is 59.4 Å². The van der Waals surface area contributed by atoms with Crippen molar-refractivity contribution in [1.29, 1.82) is 0 Å². The summed E-state index contributed by atoms with van der Waals surface area (Å²) < 4.78 is 18.5. The predicted octanol–water partition coefficient (Wildman–Crippen LogP) is 2.68. The number of Topliss-reactive ketones (excluding diaryl/α,β-unsaturated/α-hetero) is 1. The molecule has 0 unspecified atom stereocenters. The van der Waals surface area contributed by atoms with Crippen molar-refractivity contribution in [2.24, 2.45) is 0 Å². The maximum Gasteiger partial charge on any atom is 0.204 e. The van der Waals surface area contributed by atoms with Crippen LogP contribution in [0.25, 0.3) is 11.4 Å². The van der Waals surface area contributed by atoms with Gasteiger partial charge in [0.05, 0.1) is 7.11 Å². The van der Waals surface area contributed by atoms with E-state index >= 15 is 0 Å². The van der Waals surface area contributed by atoms with Crippen LogP contribution in [-0.2, 0) is 6.54 Å². The molecular formula is C17H15FN4O2. The van der Waals surface area contributed by atoms with Gasteiger partial charge < -0.3 is 4.74 Å². The van der Waals surface area contributed by atoms with Gasteiger partial charge in [-0.15, -0.1) is 10.2 Å². The smallest absolute Gasteiger partial charge is 0.204 e. The van der Waals surface area contributed by atoms with Crippen molar-refractivity contribution in [3.63, 3.8) is 0 Å². The first-order chi connectivity index (χ1) is 11.6. The minimum Gasteiger partial charge on any atom is -0.494 e. The maximum atomic E-state index is 13.7. The van der Waals surface area contributed by atoms with E-state index in [1.807, 2.05) is 31.2 Å². The molecule has 0 saturated heterocycles. The molecule has 3 aromatic rings. The summed E-state index contributed by atoms with van der Waals surface area (Å²) in [6.07, 6.45) is 0. The first-order valence-corrected chi connectivity index (χ1v) is 7.28. The summed E-state index contributed by atoms with van der Waals surface area (Å²) in [4.78, 5) is 13.4. The summed E-state index contributed by atoms with van der Waals surface area (Å²) in [5.41, 5.74) is 2.17. The largest absolute Gasteiger partial charge is 0.494 e. The molecule has 0 radical (unpaired) electrons. The molecule has 2 aromatic carbocycles. The highest BCUT2D eigenvalue weighted by Crippen LogP contribution is 2.18. The fraction of sp³-hybridized carbons (Fsp3) is 0.176. The lowest BCUT2D eigenvalue weighted by Crippen LogP contribution is -2.13. The fourth-order valence-corrected chi connectivity index (χ4v) is 2.19. The lowest BCUT2D eigenvalue weighted by atomic mass is 10.1. The van der Waals surface area contributed by atoms with Crippen LogP contribution in [0.1, 0.15) is 15.9 Å². The molecule has 7 heteroatoms. The Bertz CT molecular complexity index is 875. The summed E-state index contributed by atoms with van der Waals surface area (Å²) in [5.74, 6) is -0.379. The van der Waals surface area contributed by atoms with Crippen LogP contribution in [-0.4, -0.2) is 33.1 Å². The predicted molar refractivity (Wildman–Crippen MR) is 85.3 cm³/mol. The number of ether oxygens (including phenoxy) is 1. The number of carbonyl (C=O) groups excluding carboxylic acids is 1. The minimum absolute atomic E-state index is 0.0899. The molecule has 6 nitrogen and oxygen atoms in total. The SMILES string of the molecule is COc1ccc(C(=O)Cn2nnc(-c3ccc(C)cc3)n2)cc1F. The van der Waals surface area contributed by atoms with Crippen LogP contribution in [0.2, 0.25) is 0 Å². The molecule has 1 aromatic heterocycles. The molecule has 0 aliphatic heterocycles. The van der Waals surface area contributed by atoms with Crippen LogP contribution >= 0.6 is 0 Å². The topological polar surface area (TPSA) is 69.9 Å². The van der Waals surface area contributed by atoms with Crippen molar-refractivity contribution in [1.82, 2.24) is 20.2 Å². The van der Waals surface area contributed by atoms with Gasteiger partial charge in [0.2, 0.25) is 5.82 Å². The summed E-state index contributed by atoms with van der Waals surface area (Å²) in [6, 6.07) is 11.7. The monoisotopic (exact) mass is 326 g/mol. The number of halogens is 1. The van der Waals surface area contributed by atoms with E-state index in [1.165, 1.54) is 24.0 Å². The van der Waals surface area contributed by atoms with Crippen LogP contribution in [0.3, 0.4) is 0 Å². The van der Waals surface area contributed by atoms with Crippen LogP contribution < -0.4 is 4.74 Å². The number of carbonyl (C=O) groups is 1. The lowest BCUT2D eigenvalue weighted by Gasteiger charge is -2.04. The Kier molecular flexibility index (Phi) is 4.33. The van der Waals surface area contributed by atoms with E-state index in [1.54, 1.807) is 0 Å². The third-order valence-corrected chi connectivity index (χ3v) is 3.52. The van der Waals surface area contributed by atoms with Crippen molar-refractivity contribution in [2.45, 2.75) is 13.5 Å². The van der Waals surface area contributed by atoms with Gasteiger partial charge in [-0.2, -0.15) is 4.80 Å². The number of aryl methyl sites for hydroxylation is 1. The Morgan fingerprint density at radius 3 is 2.62 bits per heavy atom. The number of hydrogen-bond donors (Lipinski definition) is 0. The zero-order valence-electron chi connectivity index (χ0n) is 13.2. The molecule has 0 N–H and O–H groups in total. The quantitative estimate of drug-likeness (QED) is 0.674. The number of benzene rings is 2. The lowest BCUT2D eigenvalue weighted by molar-refractivity contribution is 0.0961. The number of aromatic nitrogens is 4. The first-order valence-electron chi connectivity index (χ1n) is 7.28. The van der Waals surface area contributed by atoms with Gasteiger partial charge in [-0.05, 0) is 30.3 Å². The third kappa shape index (κ3) is 3.29. The number of nitrogens with zero attached hydrogens (tertiary/aromatic N) is 4. The van der Waals surface area contributed by atoms with Crippen LogP contribution in [0.5, 0.6) is 5.75 Å². The molecule has 122 valence electrons. The van der Waals surface area contributed by atoms with Gasteiger partial charge in [-0.25, -0.2) is 4.39 Å². The number of methoxy groups -OCH3 is 1. The zero-order valence-corrected chi connectivity index (χ0v) is 13.2. The van der Waals surface area contributed by atoms with Gasteiger partial charge in [0.1, 0.15) is 6.54 Å². The fourth-order valence-electron chi connectivity index (χ4n) is 2.19. The molecule has 1 heterocycles. The highest BCUT2D eigenvalue weighted by molar-refractivity contribution is 5.95. The third-order valence-electron chi connectivity index (χ3n) is 3.52. The van der Waals surface area contributed by atoms with E-state index in [-0.39, 0.29) is 23.6 Å². The van der Waals surface area contributed by atoms with Crippen LogP contribution in [0, 0.1) is 12.7 Å². The van der Waals surface area contributed by atoms with E-state index in [4.69, 9.17) is 4.74 Å². The molecule has 0 saturated carbocycles. The molecule has 0 spiro atoms. The van der Waals surface area contributed by atoms with Crippen LogP contribution in [0.4, 0.5) is 4.39 Å². The Morgan fingerprint density at radius 1 is 1.21 bits per heavy atom. The zero-order chi connectivity index (χ0) is 17.1. The molecule has 3 rings (SSSR count). The second-order valence-corrected chi connectivity index (χ2v) is 5.28. The average Bonchev–Trinajstić information content (AvgIpc) is 3.04. The highest BCUT2D eigenvalue weighted by atomic mass is 19.1. The van der Waals surface area contributed by atoms with E-state index in [0.29, 0.717) is 5.82 Å². The van der Waals surface area contributed by atoms with Crippen molar-refractivity contribution in [2.75, 3.05) is 7.11 Å². The van der Waals surface area contributed by atoms with Crippen molar-refractivity contribution < 1.29 is 13.9 Å². The van der Waals surface area contributed by atoms with Gasteiger partial charge >= 0.3 is 0 Å². The standard InChI is InChI=1S/C17H15FN4O2/c1-11-3-5-12(6-4-11)17-19-21-22(20-17)10-15(23)13-7-8-16(24-2)14(18)9-13/h3-9H,10H2,1-2H3. The van der Waals surface area contributed by atoms with Crippen molar-refractivity contribution >= 4 is 5.78 Å². The normalized spacial score (nSPS) is 10.6. The van der Waals surface area contributed by atoms with Gasteiger partial charge in [0.25, 0.3) is 0 Å². The second kappa shape index (κ2) is 6.57. The number of hydrogen-bond acceptors (Lipinski definition) is 5. The number of ketones is 1. The summed E-state index contributed by atoms with van der Waals surface area (Å²) in [6.45, 7) is 1.87. The molecule has 0 bridgehead atoms. The molecule has 0 aliphatic carbocycles. The molecule has 0 fully saturated rings. The Hall–Kier alpha value is -3.09. The summed E-state index contributed by atoms with van der Waals surface area (Å²) in [5, 5.41) is 12.0. The van der Waals surface area contributed by atoms with E-state index < -0.39 is 5.82 Å². The molecular weight excluding hydrogens is 311 g/mol. The molecule has 0 aliphatic rings. The van der Waals surface area contributed by atoms with E-state index in [9.17, 15) is 9.18 Å². The highest BCUT2D eigenvalue weighted by Gasteiger charge is 2.13. The maximum absolute atomic E-state index is 13.7. The van der Waals surface area contributed by atoms with E-state index in [2.05, 4.69) is 15.4 Å². The van der Waals surface area contributed by atoms with Crippen molar-refractivity contribution in [3.8, 4) is 17.1 Å². The Morgan fingerprint density at radius 2 is 1.96 bits per heavy atom. The number of rotatable bonds is 5. The first kappa shape index (κ1) is 15.8. The summed E-state index contributed by atoms with van der Waals surface area (Å²) >= 11 is 0. The minimum atomic E-state index is -0.588. The van der Waals surface area contributed by atoms with Gasteiger partial charge in [-0.3, -0.25) is 4.79 Å². The van der Waals surface area contributed by atoms with Gasteiger partial charge in [0.15, 0.2) is 17.3 Å².